The van der Waals surface area contributed by atoms with E-state index in [1.807, 2.05) is 0 Å². The van der Waals surface area contributed by atoms with E-state index >= 15 is 0 Å². The highest BCUT2D eigenvalue weighted by molar-refractivity contribution is 9.09. The van der Waals surface area contributed by atoms with E-state index in [0.717, 1.165) is 5.45 Å². The maximum absolute atomic E-state index is 3.78. The number of hydrogen-bond donors (Lipinski definition) is 0. The quantitative estimate of drug-likeness (QED) is 0.0734. The molecule has 0 radical (unpaired) electrons. The fraction of sp³-hybridized carbons (Fsp3) is 1.00. The molecule has 2 heteroatoms. The van der Waals surface area contributed by atoms with Gasteiger partial charge in [0.05, 0.1) is 20.1 Å². The molecular weight excluding hydrogens is 382 g/mol. The summed E-state index contributed by atoms with van der Waals surface area (Å²) in [6, 6.07) is 0. The number of rotatable bonds is 21. The van der Waals surface area contributed by atoms with Gasteiger partial charge < -0.3 is 4.48 Å². The number of quaternary nitrogens is 1. The molecule has 0 saturated heterocycles. The van der Waals surface area contributed by atoms with Crippen LogP contribution in [0.3, 0.4) is 0 Å². The number of nitrogens with zero attached hydrogens (tertiary/aromatic N) is 1. The molecule has 0 heterocycles. The molecule has 0 aliphatic heterocycles. The summed E-state index contributed by atoms with van der Waals surface area (Å²) in [6.45, 7) is 7.32. The summed E-state index contributed by atoms with van der Waals surface area (Å²) >= 11 is 3.78. The minimum atomic E-state index is 1.13. The Hall–Kier alpha value is 0.440. The summed E-state index contributed by atoms with van der Waals surface area (Å²) in [5.41, 5.74) is 1.13. The van der Waals surface area contributed by atoms with E-state index in [-0.39, 0.29) is 0 Å². The highest BCUT2D eigenvalue weighted by Gasteiger charge is 2.18. The van der Waals surface area contributed by atoms with Gasteiger partial charge in [-0.3, -0.25) is 0 Å². The van der Waals surface area contributed by atoms with Crippen molar-refractivity contribution >= 4 is 15.9 Å². The average Bonchev–Trinajstić information content (AvgIpc) is 2.65. The summed E-state index contributed by atoms with van der Waals surface area (Å²) < 4.78 is 1.23. The van der Waals surface area contributed by atoms with E-state index in [0.29, 0.717) is 0 Å². The Labute approximate surface area is 175 Å². The first-order valence-electron chi connectivity index (χ1n) is 12.1. The zero-order valence-electron chi connectivity index (χ0n) is 18.7. The van der Waals surface area contributed by atoms with E-state index in [4.69, 9.17) is 0 Å². The average molecular weight is 434 g/mol. The Balaban J connectivity index is 3.49. The van der Waals surface area contributed by atoms with Gasteiger partial charge in [-0.15, -0.1) is 0 Å². The molecule has 0 unspecified atom stereocenters. The molecule has 158 valence electrons. The van der Waals surface area contributed by atoms with Crippen molar-refractivity contribution in [1.82, 2.24) is 0 Å². The molecule has 0 aliphatic rings. The lowest BCUT2D eigenvalue weighted by Crippen LogP contribution is -2.44. The van der Waals surface area contributed by atoms with Crippen LogP contribution in [0.4, 0.5) is 0 Å². The third-order valence-electron chi connectivity index (χ3n) is 5.89. The normalized spacial score (nSPS) is 12.0. The van der Waals surface area contributed by atoms with Crippen molar-refractivity contribution in [3.05, 3.63) is 0 Å². The van der Waals surface area contributed by atoms with Crippen LogP contribution in [0.2, 0.25) is 0 Å². The minimum Gasteiger partial charge on any atom is -0.317 e. The van der Waals surface area contributed by atoms with Crippen LogP contribution in [0.1, 0.15) is 129 Å². The van der Waals surface area contributed by atoms with Crippen molar-refractivity contribution in [2.45, 2.75) is 129 Å². The summed E-state index contributed by atoms with van der Waals surface area (Å²) in [5.74, 6) is 0. The first-order valence-corrected chi connectivity index (χ1v) is 13.2. The van der Waals surface area contributed by atoms with Crippen LogP contribution < -0.4 is 0 Å². The standard InChI is InChI=1S/C24H51BrN/c1-4-6-8-10-12-14-16-18-20-22-26(3,24-25)23-21-19-17-15-13-11-9-7-5-2/h4-24H2,1-3H3/q+1. The maximum Gasteiger partial charge on any atom is 0.134 e. The summed E-state index contributed by atoms with van der Waals surface area (Å²) in [4.78, 5) is 0. The molecule has 1 nitrogen and oxygen atoms in total. The van der Waals surface area contributed by atoms with Gasteiger partial charge in [0.15, 0.2) is 0 Å². The van der Waals surface area contributed by atoms with Gasteiger partial charge in [-0.1, -0.05) is 104 Å². The van der Waals surface area contributed by atoms with Crippen LogP contribution in [0.5, 0.6) is 0 Å². The Morgan fingerprint density at radius 2 is 0.731 bits per heavy atom. The first-order chi connectivity index (χ1) is 12.7. The van der Waals surface area contributed by atoms with Gasteiger partial charge in [-0.2, -0.15) is 0 Å². The topological polar surface area (TPSA) is 0 Å². The van der Waals surface area contributed by atoms with E-state index in [2.05, 4.69) is 36.8 Å². The zero-order valence-corrected chi connectivity index (χ0v) is 20.3. The summed E-state index contributed by atoms with van der Waals surface area (Å²) in [6.07, 6.45) is 25.8. The molecule has 0 N–H and O–H groups in total. The van der Waals surface area contributed by atoms with Crippen LogP contribution in [-0.2, 0) is 0 Å². The lowest BCUT2D eigenvalue weighted by Gasteiger charge is -2.32. The van der Waals surface area contributed by atoms with Gasteiger partial charge in [0.2, 0.25) is 0 Å². The summed E-state index contributed by atoms with van der Waals surface area (Å²) in [7, 11) is 2.45. The van der Waals surface area contributed by atoms with Crippen LogP contribution in [0.15, 0.2) is 0 Å². The van der Waals surface area contributed by atoms with Gasteiger partial charge >= 0.3 is 0 Å². The number of alkyl halides is 1. The molecule has 0 amide bonds. The molecule has 26 heavy (non-hydrogen) atoms. The second-order valence-corrected chi connectivity index (χ2v) is 9.34. The number of hydrogen-bond acceptors (Lipinski definition) is 0. The highest BCUT2D eigenvalue weighted by Crippen LogP contribution is 2.16. The SMILES string of the molecule is CCCCCCCCCCC[N+](C)(CBr)CCCCCCCCCCC. The molecule has 0 atom stereocenters. The van der Waals surface area contributed by atoms with E-state index in [1.165, 1.54) is 133 Å². The molecule has 0 spiro atoms. The molecule has 0 aromatic heterocycles. The van der Waals surface area contributed by atoms with Gasteiger partial charge in [-0.25, -0.2) is 0 Å². The molecule has 0 aromatic rings. The van der Waals surface area contributed by atoms with Crippen LogP contribution in [-0.4, -0.2) is 30.1 Å². The molecule has 0 bridgehead atoms. The third-order valence-corrected chi connectivity index (χ3v) is 7.10. The van der Waals surface area contributed by atoms with Crippen molar-refractivity contribution in [3.8, 4) is 0 Å². The Kier molecular flexibility index (Phi) is 20.5. The van der Waals surface area contributed by atoms with E-state index in [9.17, 15) is 0 Å². The fourth-order valence-electron chi connectivity index (χ4n) is 3.84. The lowest BCUT2D eigenvalue weighted by atomic mass is 10.1. The van der Waals surface area contributed by atoms with Crippen LogP contribution in [0, 0.1) is 0 Å². The van der Waals surface area contributed by atoms with Crippen LogP contribution >= 0.6 is 15.9 Å². The van der Waals surface area contributed by atoms with Gasteiger partial charge in [-0.05, 0) is 41.6 Å². The smallest absolute Gasteiger partial charge is 0.134 e. The van der Waals surface area contributed by atoms with Crippen molar-refractivity contribution in [2.24, 2.45) is 0 Å². The number of unbranched alkanes of at least 4 members (excludes halogenated alkanes) is 16. The minimum absolute atomic E-state index is 1.13. The number of halogens is 1. The van der Waals surface area contributed by atoms with Crippen LogP contribution in [0.25, 0.3) is 0 Å². The third kappa shape index (κ3) is 17.8. The predicted molar refractivity (Wildman–Crippen MR) is 124 cm³/mol. The molecule has 0 fully saturated rings. The largest absolute Gasteiger partial charge is 0.317 e. The molecule has 0 rings (SSSR count). The second kappa shape index (κ2) is 20.2. The molecular formula is C24H51BrN+. The molecule has 0 saturated carbocycles. The zero-order chi connectivity index (χ0) is 19.3. The Bertz CT molecular complexity index is 245. The van der Waals surface area contributed by atoms with Gasteiger partial charge in [0, 0.05) is 0 Å². The van der Waals surface area contributed by atoms with Crippen molar-refractivity contribution in [3.63, 3.8) is 0 Å². The molecule has 0 aliphatic carbocycles. The van der Waals surface area contributed by atoms with E-state index in [1.54, 1.807) is 0 Å². The summed E-state index contributed by atoms with van der Waals surface area (Å²) in [5, 5.41) is 0. The second-order valence-electron chi connectivity index (χ2n) is 8.84. The van der Waals surface area contributed by atoms with Crippen molar-refractivity contribution < 1.29 is 4.48 Å². The maximum atomic E-state index is 3.78. The Morgan fingerprint density at radius 3 is 1.00 bits per heavy atom. The first kappa shape index (κ1) is 26.4. The van der Waals surface area contributed by atoms with Crippen molar-refractivity contribution in [1.29, 1.82) is 0 Å². The Morgan fingerprint density at radius 1 is 0.462 bits per heavy atom. The molecule has 0 aromatic carbocycles. The highest BCUT2D eigenvalue weighted by atomic mass is 79.9. The van der Waals surface area contributed by atoms with Crippen molar-refractivity contribution in [2.75, 3.05) is 25.6 Å². The fourth-order valence-corrected chi connectivity index (χ4v) is 4.34. The van der Waals surface area contributed by atoms with E-state index < -0.39 is 0 Å². The lowest BCUT2D eigenvalue weighted by molar-refractivity contribution is -0.896. The predicted octanol–water partition coefficient (Wildman–Crippen LogP) is 8.85. The monoisotopic (exact) mass is 432 g/mol. The van der Waals surface area contributed by atoms with Gasteiger partial charge in [0.1, 0.15) is 5.45 Å². The van der Waals surface area contributed by atoms with Gasteiger partial charge in [0.25, 0.3) is 0 Å².